The Balaban J connectivity index is 1.58. The summed E-state index contributed by atoms with van der Waals surface area (Å²) >= 11 is 0. The molecule has 1 aliphatic carbocycles. The number of hydrogen-bond acceptors (Lipinski definition) is 2. The molecular weight excluding hydrogens is 188 g/mol. The van der Waals surface area contributed by atoms with E-state index in [4.69, 9.17) is 0 Å². The molecule has 3 nitrogen and oxygen atoms in total. The fourth-order valence-electron chi connectivity index (χ4n) is 3.26. The summed E-state index contributed by atoms with van der Waals surface area (Å²) in [7, 11) is 0. The molecule has 2 saturated heterocycles. The van der Waals surface area contributed by atoms with E-state index >= 15 is 0 Å². The number of carbonyl (C=O) groups is 1. The minimum atomic E-state index is 0.308. The number of nitrogens with one attached hydrogen (secondary N) is 1. The Morgan fingerprint density at radius 1 is 1.27 bits per heavy atom. The Morgan fingerprint density at radius 3 is 2.53 bits per heavy atom. The van der Waals surface area contributed by atoms with Crippen LogP contribution in [0.5, 0.6) is 0 Å². The van der Waals surface area contributed by atoms with Crippen molar-refractivity contribution in [1.29, 1.82) is 0 Å². The standard InChI is InChI=1S/C12H20N2O/c15-11(10-3-4-10)13-9-12-5-1-7-14(12)8-2-6-12/h10H,1-9H2,(H,13,15). The van der Waals surface area contributed by atoms with Gasteiger partial charge in [-0.2, -0.15) is 0 Å². The topological polar surface area (TPSA) is 32.3 Å². The highest BCUT2D eigenvalue weighted by Crippen LogP contribution is 2.38. The SMILES string of the molecule is O=C(NCC12CCCN1CCC2)C1CC1. The van der Waals surface area contributed by atoms with Crippen molar-refractivity contribution in [2.24, 2.45) is 5.92 Å². The molecule has 3 aliphatic rings. The van der Waals surface area contributed by atoms with Gasteiger partial charge in [-0.25, -0.2) is 0 Å². The van der Waals surface area contributed by atoms with Crippen LogP contribution < -0.4 is 5.32 Å². The lowest BCUT2D eigenvalue weighted by atomic mass is 9.94. The summed E-state index contributed by atoms with van der Waals surface area (Å²) in [6, 6.07) is 0. The van der Waals surface area contributed by atoms with Crippen LogP contribution >= 0.6 is 0 Å². The van der Waals surface area contributed by atoms with Crippen LogP contribution in [0.25, 0.3) is 0 Å². The van der Waals surface area contributed by atoms with E-state index in [9.17, 15) is 4.79 Å². The first-order valence-electron chi connectivity index (χ1n) is 6.33. The van der Waals surface area contributed by atoms with Gasteiger partial charge in [-0.15, -0.1) is 0 Å². The highest BCUT2D eigenvalue weighted by Gasteiger charge is 2.44. The van der Waals surface area contributed by atoms with Crippen molar-refractivity contribution < 1.29 is 4.79 Å². The van der Waals surface area contributed by atoms with Gasteiger partial charge in [0.2, 0.25) is 5.91 Å². The highest BCUT2D eigenvalue weighted by atomic mass is 16.2. The van der Waals surface area contributed by atoms with Gasteiger partial charge in [-0.3, -0.25) is 9.69 Å². The average Bonchev–Trinajstić information content (AvgIpc) is 2.88. The van der Waals surface area contributed by atoms with Gasteiger partial charge < -0.3 is 5.32 Å². The van der Waals surface area contributed by atoms with Crippen LogP contribution in [0.15, 0.2) is 0 Å². The van der Waals surface area contributed by atoms with E-state index in [0.717, 1.165) is 19.4 Å². The molecule has 0 aromatic heterocycles. The Morgan fingerprint density at radius 2 is 1.93 bits per heavy atom. The molecule has 1 saturated carbocycles. The first kappa shape index (κ1) is 9.64. The average molecular weight is 208 g/mol. The molecule has 2 aliphatic heterocycles. The third-order valence-electron chi connectivity index (χ3n) is 4.35. The summed E-state index contributed by atoms with van der Waals surface area (Å²) in [5.41, 5.74) is 0.352. The largest absolute Gasteiger partial charge is 0.354 e. The maximum Gasteiger partial charge on any atom is 0.223 e. The summed E-state index contributed by atoms with van der Waals surface area (Å²) in [4.78, 5) is 14.2. The van der Waals surface area contributed by atoms with E-state index < -0.39 is 0 Å². The van der Waals surface area contributed by atoms with Gasteiger partial charge in [0, 0.05) is 18.0 Å². The van der Waals surface area contributed by atoms with Crippen LogP contribution in [-0.4, -0.2) is 36.0 Å². The molecule has 84 valence electrons. The van der Waals surface area contributed by atoms with Crippen molar-refractivity contribution >= 4 is 5.91 Å². The molecule has 0 radical (unpaired) electrons. The third kappa shape index (κ3) is 1.67. The molecule has 1 amide bonds. The first-order valence-corrected chi connectivity index (χ1v) is 6.33. The Labute approximate surface area is 91.2 Å². The van der Waals surface area contributed by atoms with Gasteiger partial charge in [-0.05, 0) is 51.6 Å². The monoisotopic (exact) mass is 208 g/mol. The second kappa shape index (κ2) is 3.48. The van der Waals surface area contributed by atoms with E-state index in [1.54, 1.807) is 0 Å². The minimum Gasteiger partial charge on any atom is -0.354 e. The molecule has 0 spiro atoms. The summed E-state index contributed by atoms with van der Waals surface area (Å²) < 4.78 is 0. The summed E-state index contributed by atoms with van der Waals surface area (Å²) in [5, 5.41) is 3.17. The van der Waals surface area contributed by atoms with Gasteiger partial charge in [0.15, 0.2) is 0 Å². The van der Waals surface area contributed by atoms with E-state index in [2.05, 4.69) is 10.2 Å². The number of hydrogen-bond donors (Lipinski definition) is 1. The van der Waals surface area contributed by atoms with Gasteiger partial charge in [0.05, 0.1) is 0 Å². The lowest BCUT2D eigenvalue weighted by Crippen LogP contribution is -2.48. The van der Waals surface area contributed by atoms with Gasteiger partial charge in [0.25, 0.3) is 0 Å². The van der Waals surface area contributed by atoms with Crippen LogP contribution in [0.1, 0.15) is 38.5 Å². The van der Waals surface area contributed by atoms with E-state index in [0.29, 0.717) is 17.4 Å². The number of rotatable bonds is 3. The number of amides is 1. The zero-order chi connectivity index (χ0) is 10.3. The second-order valence-corrected chi connectivity index (χ2v) is 5.41. The van der Waals surface area contributed by atoms with Crippen LogP contribution in [0.4, 0.5) is 0 Å². The number of carbonyl (C=O) groups excluding carboxylic acids is 1. The van der Waals surface area contributed by atoms with Gasteiger partial charge in [-0.1, -0.05) is 0 Å². The smallest absolute Gasteiger partial charge is 0.223 e. The number of fused-ring (bicyclic) bond motifs is 1. The van der Waals surface area contributed by atoms with Crippen molar-refractivity contribution in [3.8, 4) is 0 Å². The predicted molar refractivity (Wildman–Crippen MR) is 58.5 cm³/mol. The highest BCUT2D eigenvalue weighted by molar-refractivity contribution is 5.80. The van der Waals surface area contributed by atoms with E-state index in [-0.39, 0.29) is 0 Å². The van der Waals surface area contributed by atoms with Crippen molar-refractivity contribution in [2.75, 3.05) is 19.6 Å². The lowest BCUT2D eigenvalue weighted by molar-refractivity contribution is -0.122. The minimum absolute atomic E-state index is 0.308. The van der Waals surface area contributed by atoms with Crippen LogP contribution in [0.3, 0.4) is 0 Å². The zero-order valence-corrected chi connectivity index (χ0v) is 9.30. The summed E-state index contributed by atoms with van der Waals surface area (Å²) in [6.07, 6.45) is 7.44. The quantitative estimate of drug-likeness (QED) is 0.754. The molecular formula is C12H20N2O. The van der Waals surface area contributed by atoms with Gasteiger partial charge >= 0.3 is 0 Å². The Bertz CT molecular complexity index is 263. The fraction of sp³-hybridized carbons (Fsp3) is 0.917. The third-order valence-corrected chi connectivity index (χ3v) is 4.35. The fourth-order valence-corrected chi connectivity index (χ4v) is 3.26. The molecule has 0 unspecified atom stereocenters. The van der Waals surface area contributed by atoms with Crippen molar-refractivity contribution in [3.05, 3.63) is 0 Å². The predicted octanol–water partition coefficient (Wildman–Crippen LogP) is 1.14. The summed E-state index contributed by atoms with van der Waals surface area (Å²) in [5.74, 6) is 0.667. The van der Waals surface area contributed by atoms with E-state index in [1.165, 1.54) is 38.8 Å². The van der Waals surface area contributed by atoms with Crippen LogP contribution in [0.2, 0.25) is 0 Å². The molecule has 15 heavy (non-hydrogen) atoms. The molecule has 1 N–H and O–H groups in total. The van der Waals surface area contributed by atoms with Crippen molar-refractivity contribution in [1.82, 2.24) is 10.2 Å². The van der Waals surface area contributed by atoms with Crippen LogP contribution in [-0.2, 0) is 4.79 Å². The zero-order valence-electron chi connectivity index (χ0n) is 9.30. The molecule has 3 rings (SSSR count). The van der Waals surface area contributed by atoms with Crippen molar-refractivity contribution in [3.63, 3.8) is 0 Å². The van der Waals surface area contributed by atoms with Crippen LogP contribution in [0, 0.1) is 5.92 Å². The lowest BCUT2D eigenvalue weighted by Gasteiger charge is -2.32. The molecule has 0 aromatic carbocycles. The molecule has 3 fully saturated rings. The molecule has 2 heterocycles. The normalized spacial score (nSPS) is 29.1. The Hall–Kier alpha value is -0.570. The van der Waals surface area contributed by atoms with E-state index in [1.807, 2.05) is 0 Å². The number of nitrogens with zero attached hydrogens (tertiary/aromatic N) is 1. The maximum atomic E-state index is 11.6. The second-order valence-electron chi connectivity index (χ2n) is 5.41. The van der Waals surface area contributed by atoms with Crippen molar-refractivity contribution in [2.45, 2.75) is 44.1 Å². The Kier molecular flexibility index (Phi) is 2.23. The summed E-state index contributed by atoms with van der Waals surface area (Å²) in [6.45, 7) is 3.40. The molecule has 3 heteroatoms. The molecule has 0 atom stereocenters. The van der Waals surface area contributed by atoms with Gasteiger partial charge in [0.1, 0.15) is 0 Å². The first-order chi connectivity index (χ1) is 7.30. The maximum absolute atomic E-state index is 11.6. The molecule has 0 aromatic rings. The molecule has 0 bridgehead atoms.